The summed E-state index contributed by atoms with van der Waals surface area (Å²) in [5, 5.41) is 0. The minimum absolute atomic E-state index is 0.185. The molecule has 2 heterocycles. The van der Waals surface area contributed by atoms with E-state index in [0.717, 1.165) is 37.8 Å². The summed E-state index contributed by atoms with van der Waals surface area (Å²) in [4.78, 5) is 6.88. The van der Waals surface area contributed by atoms with E-state index < -0.39 is 11.6 Å². The molecule has 1 saturated heterocycles. The predicted octanol–water partition coefficient (Wildman–Crippen LogP) is 4.32. The first-order valence-electron chi connectivity index (χ1n) is 8.73. The van der Waals surface area contributed by atoms with E-state index in [1.165, 1.54) is 25.0 Å². The van der Waals surface area contributed by atoms with Crippen molar-refractivity contribution >= 4 is 0 Å². The SMILES string of the molecule is COCC[C@@H]1CCCCN1Cc1nc(-c2ccc(F)cc2F)oc1C. The van der Waals surface area contributed by atoms with Crippen LogP contribution in [0, 0.1) is 18.6 Å². The first kappa shape index (κ1) is 18.0. The average Bonchev–Trinajstić information content (AvgIpc) is 2.94. The second-order valence-corrected chi connectivity index (χ2v) is 6.55. The first-order chi connectivity index (χ1) is 12.1. The number of ether oxygens (including phenoxy) is 1. The van der Waals surface area contributed by atoms with Crippen molar-refractivity contribution < 1.29 is 17.9 Å². The van der Waals surface area contributed by atoms with Crippen LogP contribution in [-0.4, -0.2) is 36.2 Å². The molecular weight excluding hydrogens is 326 g/mol. The van der Waals surface area contributed by atoms with Crippen molar-refractivity contribution in [1.82, 2.24) is 9.88 Å². The summed E-state index contributed by atoms with van der Waals surface area (Å²) in [6.07, 6.45) is 4.54. The molecule has 4 nitrogen and oxygen atoms in total. The highest BCUT2D eigenvalue weighted by Crippen LogP contribution is 2.27. The lowest BCUT2D eigenvalue weighted by Gasteiger charge is -2.35. The second-order valence-electron chi connectivity index (χ2n) is 6.55. The van der Waals surface area contributed by atoms with Gasteiger partial charge in [0.1, 0.15) is 17.4 Å². The van der Waals surface area contributed by atoms with Crippen molar-refractivity contribution in [2.75, 3.05) is 20.3 Å². The lowest BCUT2D eigenvalue weighted by atomic mass is 9.99. The van der Waals surface area contributed by atoms with Crippen LogP contribution >= 0.6 is 0 Å². The lowest BCUT2D eigenvalue weighted by Crippen LogP contribution is -2.39. The Morgan fingerprint density at radius 1 is 1.32 bits per heavy atom. The van der Waals surface area contributed by atoms with Crippen molar-refractivity contribution in [3.63, 3.8) is 0 Å². The Morgan fingerprint density at radius 3 is 2.92 bits per heavy atom. The minimum atomic E-state index is -0.663. The number of methoxy groups -OCH3 is 1. The zero-order valence-corrected chi connectivity index (χ0v) is 14.7. The fourth-order valence-corrected chi connectivity index (χ4v) is 3.39. The number of aryl methyl sites for hydroxylation is 1. The Hall–Kier alpha value is -1.79. The molecule has 1 aromatic heterocycles. The number of hydrogen-bond acceptors (Lipinski definition) is 4. The topological polar surface area (TPSA) is 38.5 Å². The Morgan fingerprint density at radius 2 is 2.16 bits per heavy atom. The zero-order chi connectivity index (χ0) is 17.8. The molecule has 3 rings (SSSR count). The van der Waals surface area contributed by atoms with Crippen LogP contribution in [0.3, 0.4) is 0 Å². The highest BCUT2D eigenvalue weighted by Gasteiger charge is 2.25. The smallest absolute Gasteiger partial charge is 0.229 e. The Bertz CT molecular complexity index is 717. The number of piperidine rings is 1. The van der Waals surface area contributed by atoms with Gasteiger partial charge in [0.15, 0.2) is 0 Å². The molecule has 0 spiro atoms. The summed E-state index contributed by atoms with van der Waals surface area (Å²) >= 11 is 0. The van der Waals surface area contributed by atoms with Gasteiger partial charge in [-0.3, -0.25) is 4.90 Å². The van der Waals surface area contributed by atoms with E-state index in [0.29, 0.717) is 18.3 Å². The van der Waals surface area contributed by atoms with Crippen LogP contribution < -0.4 is 0 Å². The van der Waals surface area contributed by atoms with Gasteiger partial charge in [-0.1, -0.05) is 6.42 Å². The molecule has 6 heteroatoms. The van der Waals surface area contributed by atoms with Gasteiger partial charge in [-0.2, -0.15) is 0 Å². The number of oxazole rings is 1. The van der Waals surface area contributed by atoms with Crippen LogP contribution in [0.4, 0.5) is 8.78 Å². The maximum Gasteiger partial charge on any atom is 0.229 e. The van der Waals surface area contributed by atoms with Gasteiger partial charge in [-0.25, -0.2) is 13.8 Å². The van der Waals surface area contributed by atoms with Crippen molar-refractivity contribution in [3.05, 3.63) is 41.3 Å². The molecule has 136 valence electrons. The number of rotatable bonds is 6. The Balaban J connectivity index is 1.77. The number of nitrogens with zero attached hydrogens (tertiary/aromatic N) is 2. The molecule has 2 aromatic rings. The average molecular weight is 350 g/mol. The zero-order valence-electron chi connectivity index (χ0n) is 14.7. The van der Waals surface area contributed by atoms with E-state index in [9.17, 15) is 8.78 Å². The van der Waals surface area contributed by atoms with Crippen molar-refractivity contribution in [3.8, 4) is 11.5 Å². The quantitative estimate of drug-likeness (QED) is 0.778. The molecule has 0 N–H and O–H groups in total. The largest absolute Gasteiger partial charge is 0.441 e. The number of halogens is 2. The van der Waals surface area contributed by atoms with E-state index in [2.05, 4.69) is 9.88 Å². The molecule has 1 atom stereocenters. The maximum absolute atomic E-state index is 14.0. The van der Waals surface area contributed by atoms with E-state index in [4.69, 9.17) is 9.15 Å². The molecule has 1 aliphatic rings. The Kier molecular flexibility index (Phi) is 5.81. The van der Waals surface area contributed by atoms with Crippen LogP contribution in [0.1, 0.15) is 37.1 Å². The fourth-order valence-electron chi connectivity index (χ4n) is 3.39. The van der Waals surface area contributed by atoms with Crippen molar-refractivity contribution in [2.24, 2.45) is 0 Å². The molecule has 0 aliphatic carbocycles. The molecule has 0 radical (unpaired) electrons. The summed E-state index contributed by atoms with van der Waals surface area (Å²) in [5.41, 5.74) is 0.994. The van der Waals surface area contributed by atoms with Crippen LogP contribution in [-0.2, 0) is 11.3 Å². The van der Waals surface area contributed by atoms with Crippen LogP contribution in [0.15, 0.2) is 22.6 Å². The molecule has 0 amide bonds. The molecule has 1 aromatic carbocycles. The third-order valence-electron chi connectivity index (χ3n) is 4.81. The number of hydrogen-bond donors (Lipinski definition) is 0. The Labute approximate surface area is 146 Å². The molecule has 25 heavy (non-hydrogen) atoms. The molecule has 1 aliphatic heterocycles. The number of aromatic nitrogens is 1. The second kappa shape index (κ2) is 8.06. The number of benzene rings is 1. The van der Waals surface area contributed by atoms with Crippen molar-refractivity contribution in [1.29, 1.82) is 0 Å². The van der Waals surface area contributed by atoms with Gasteiger partial charge in [0.2, 0.25) is 5.89 Å². The predicted molar refractivity (Wildman–Crippen MR) is 91.1 cm³/mol. The first-order valence-corrected chi connectivity index (χ1v) is 8.73. The third-order valence-corrected chi connectivity index (χ3v) is 4.81. The van der Waals surface area contributed by atoms with Gasteiger partial charge in [-0.15, -0.1) is 0 Å². The van der Waals surface area contributed by atoms with Gasteiger partial charge < -0.3 is 9.15 Å². The van der Waals surface area contributed by atoms with E-state index in [1.807, 2.05) is 6.92 Å². The summed E-state index contributed by atoms with van der Waals surface area (Å²) in [6.45, 7) is 4.26. The van der Waals surface area contributed by atoms with Gasteiger partial charge in [0.25, 0.3) is 0 Å². The van der Waals surface area contributed by atoms with Gasteiger partial charge in [0, 0.05) is 32.4 Å². The maximum atomic E-state index is 14.0. The van der Waals surface area contributed by atoms with Gasteiger partial charge in [-0.05, 0) is 44.9 Å². The van der Waals surface area contributed by atoms with Crippen LogP contribution in [0.2, 0.25) is 0 Å². The summed E-state index contributed by atoms with van der Waals surface area (Å²) < 4.78 is 37.9. The van der Waals surface area contributed by atoms with Crippen LogP contribution in [0.25, 0.3) is 11.5 Å². The minimum Gasteiger partial charge on any atom is -0.441 e. The summed E-state index contributed by atoms with van der Waals surface area (Å²) in [6, 6.07) is 3.89. The number of likely N-dealkylation sites (tertiary alicyclic amines) is 1. The normalized spacial score (nSPS) is 18.6. The molecule has 0 bridgehead atoms. The highest BCUT2D eigenvalue weighted by atomic mass is 19.1. The standard InChI is InChI=1S/C19H24F2N2O2/c1-13-18(12-23-9-4-3-5-15(23)8-10-24-2)22-19(25-13)16-7-6-14(20)11-17(16)21/h6-7,11,15H,3-5,8-10,12H2,1-2H3/t15-/m0/s1. The summed E-state index contributed by atoms with van der Waals surface area (Å²) in [7, 11) is 1.72. The van der Waals surface area contributed by atoms with Gasteiger partial charge >= 0.3 is 0 Å². The summed E-state index contributed by atoms with van der Waals surface area (Å²) in [5.74, 6) is -0.395. The van der Waals surface area contributed by atoms with E-state index >= 15 is 0 Å². The van der Waals surface area contributed by atoms with E-state index in [-0.39, 0.29) is 11.5 Å². The fraction of sp³-hybridized carbons (Fsp3) is 0.526. The third kappa shape index (κ3) is 4.25. The molecule has 0 saturated carbocycles. The molecular formula is C19H24F2N2O2. The van der Waals surface area contributed by atoms with Gasteiger partial charge in [0.05, 0.1) is 11.3 Å². The van der Waals surface area contributed by atoms with Crippen LogP contribution in [0.5, 0.6) is 0 Å². The van der Waals surface area contributed by atoms with Crippen molar-refractivity contribution in [2.45, 2.75) is 45.2 Å². The molecule has 1 fully saturated rings. The van der Waals surface area contributed by atoms with E-state index in [1.54, 1.807) is 7.11 Å². The highest BCUT2D eigenvalue weighted by molar-refractivity contribution is 5.54. The molecule has 0 unspecified atom stereocenters. The monoisotopic (exact) mass is 350 g/mol. The lowest BCUT2D eigenvalue weighted by molar-refractivity contribution is 0.0961.